The topological polar surface area (TPSA) is 29.1 Å². The summed E-state index contributed by atoms with van der Waals surface area (Å²) < 4.78 is 1.04. The first-order valence-electron chi connectivity index (χ1n) is 6.81. The lowest BCUT2D eigenvalue weighted by Gasteiger charge is -2.10. The Hall–Kier alpha value is -1.61. The second-order valence-corrected chi connectivity index (χ2v) is 6.14. The molecular weight excluding hydrogens is 314 g/mol. The molecule has 1 amide bonds. The molecule has 0 saturated heterocycles. The summed E-state index contributed by atoms with van der Waals surface area (Å²) in [5.41, 5.74) is 3.74. The first-order valence-corrected chi connectivity index (χ1v) is 7.60. The van der Waals surface area contributed by atoms with Crippen molar-refractivity contribution in [3.8, 4) is 0 Å². The Bertz CT molecular complexity index is 613. The molecule has 0 atom stereocenters. The van der Waals surface area contributed by atoms with E-state index in [4.69, 9.17) is 0 Å². The summed E-state index contributed by atoms with van der Waals surface area (Å²) in [4.78, 5) is 12.2. The summed E-state index contributed by atoms with van der Waals surface area (Å²) in [7, 11) is 0. The molecule has 0 spiro atoms. The normalized spacial score (nSPS) is 14.1. The molecule has 3 heteroatoms. The highest BCUT2D eigenvalue weighted by molar-refractivity contribution is 9.10. The summed E-state index contributed by atoms with van der Waals surface area (Å²) in [5.74, 6) is 0.237. The van der Waals surface area contributed by atoms with E-state index >= 15 is 0 Å². The standard InChI is InChI=1S/C17H16BrNO/c18-16-7-3-4-12(8-16)11-19-17(20)15-9-13-5-1-2-6-14(13)10-15/h1-8,15H,9-11H2,(H,19,20). The molecule has 0 aromatic heterocycles. The predicted molar refractivity (Wildman–Crippen MR) is 83.3 cm³/mol. The van der Waals surface area contributed by atoms with Crippen LogP contribution in [-0.4, -0.2) is 5.91 Å². The third kappa shape index (κ3) is 2.93. The molecule has 1 aliphatic rings. The van der Waals surface area contributed by atoms with E-state index in [1.807, 2.05) is 36.4 Å². The van der Waals surface area contributed by atoms with Crippen LogP contribution in [0.2, 0.25) is 0 Å². The van der Waals surface area contributed by atoms with Crippen LogP contribution >= 0.6 is 15.9 Å². The predicted octanol–water partition coefficient (Wildman–Crippen LogP) is 3.48. The van der Waals surface area contributed by atoms with Crippen molar-refractivity contribution in [2.24, 2.45) is 5.92 Å². The molecule has 2 aromatic carbocycles. The van der Waals surface area contributed by atoms with E-state index < -0.39 is 0 Å². The van der Waals surface area contributed by atoms with Crippen LogP contribution in [0, 0.1) is 5.92 Å². The molecule has 0 aliphatic heterocycles. The monoisotopic (exact) mass is 329 g/mol. The van der Waals surface area contributed by atoms with Crippen LogP contribution in [0.4, 0.5) is 0 Å². The summed E-state index contributed by atoms with van der Waals surface area (Å²) in [6, 6.07) is 16.4. The van der Waals surface area contributed by atoms with Crippen molar-refractivity contribution in [1.82, 2.24) is 5.32 Å². The SMILES string of the molecule is O=C(NCc1cccc(Br)c1)C1Cc2ccccc2C1. The van der Waals surface area contributed by atoms with Crippen molar-refractivity contribution >= 4 is 21.8 Å². The average molecular weight is 330 g/mol. The Balaban J connectivity index is 1.59. The van der Waals surface area contributed by atoms with E-state index in [9.17, 15) is 4.79 Å². The number of hydrogen-bond donors (Lipinski definition) is 1. The van der Waals surface area contributed by atoms with Gasteiger partial charge in [0.05, 0.1) is 0 Å². The van der Waals surface area contributed by atoms with Gasteiger partial charge in [-0.3, -0.25) is 4.79 Å². The molecular formula is C17H16BrNO. The molecule has 1 aliphatic carbocycles. The lowest BCUT2D eigenvalue weighted by atomic mass is 10.1. The van der Waals surface area contributed by atoms with Crippen LogP contribution in [0.3, 0.4) is 0 Å². The van der Waals surface area contributed by atoms with Gasteiger partial charge in [0, 0.05) is 16.9 Å². The van der Waals surface area contributed by atoms with Gasteiger partial charge in [0.2, 0.25) is 5.91 Å². The van der Waals surface area contributed by atoms with E-state index in [1.165, 1.54) is 11.1 Å². The van der Waals surface area contributed by atoms with Crippen LogP contribution < -0.4 is 5.32 Å². The zero-order valence-corrected chi connectivity index (χ0v) is 12.7. The fraction of sp³-hybridized carbons (Fsp3) is 0.235. The molecule has 2 aromatic rings. The molecule has 0 fully saturated rings. The molecule has 0 bridgehead atoms. The quantitative estimate of drug-likeness (QED) is 0.917. The van der Waals surface area contributed by atoms with Gasteiger partial charge in [-0.1, -0.05) is 52.3 Å². The minimum Gasteiger partial charge on any atom is -0.352 e. The average Bonchev–Trinajstić information content (AvgIpc) is 2.89. The Labute approximate surface area is 127 Å². The molecule has 0 radical (unpaired) electrons. The first-order chi connectivity index (χ1) is 9.72. The lowest BCUT2D eigenvalue weighted by molar-refractivity contribution is -0.124. The van der Waals surface area contributed by atoms with Crippen molar-refractivity contribution in [3.05, 3.63) is 69.7 Å². The minimum atomic E-state index is 0.0829. The Morgan fingerprint density at radius 2 is 1.80 bits per heavy atom. The van der Waals surface area contributed by atoms with Gasteiger partial charge in [0.25, 0.3) is 0 Å². The summed E-state index contributed by atoms with van der Waals surface area (Å²) >= 11 is 3.44. The van der Waals surface area contributed by atoms with Gasteiger partial charge in [0.1, 0.15) is 0 Å². The van der Waals surface area contributed by atoms with Gasteiger partial charge in [-0.25, -0.2) is 0 Å². The number of benzene rings is 2. The molecule has 1 N–H and O–H groups in total. The van der Waals surface area contributed by atoms with E-state index in [2.05, 4.69) is 33.4 Å². The highest BCUT2D eigenvalue weighted by Gasteiger charge is 2.26. The van der Waals surface area contributed by atoms with Gasteiger partial charge in [-0.2, -0.15) is 0 Å². The summed E-state index contributed by atoms with van der Waals surface area (Å²) in [6.07, 6.45) is 1.72. The molecule has 20 heavy (non-hydrogen) atoms. The van der Waals surface area contributed by atoms with Crippen LogP contribution in [0.15, 0.2) is 53.0 Å². The maximum Gasteiger partial charge on any atom is 0.224 e. The van der Waals surface area contributed by atoms with Gasteiger partial charge < -0.3 is 5.32 Å². The number of amides is 1. The third-order valence-electron chi connectivity index (χ3n) is 3.78. The Morgan fingerprint density at radius 1 is 1.10 bits per heavy atom. The number of carbonyl (C=O) groups excluding carboxylic acids is 1. The fourth-order valence-corrected chi connectivity index (χ4v) is 3.17. The van der Waals surface area contributed by atoms with Crippen molar-refractivity contribution in [2.75, 3.05) is 0 Å². The molecule has 0 heterocycles. The minimum absolute atomic E-state index is 0.0829. The van der Waals surface area contributed by atoms with Gasteiger partial charge in [0.15, 0.2) is 0 Å². The molecule has 3 rings (SSSR count). The van der Waals surface area contributed by atoms with Crippen molar-refractivity contribution in [2.45, 2.75) is 19.4 Å². The number of hydrogen-bond acceptors (Lipinski definition) is 1. The van der Waals surface area contributed by atoms with Crippen molar-refractivity contribution < 1.29 is 4.79 Å². The number of halogens is 1. The summed E-state index contributed by atoms with van der Waals surface area (Å²) in [5, 5.41) is 3.04. The van der Waals surface area contributed by atoms with Crippen LogP contribution in [-0.2, 0) is 24.2 Å². The van der Waals surface area contributed by atoms with Crippen LogP contribution in [0.1, 0.15) is 16.7 Å². The number of nitrogens with one attached hydrogen (secondary N) is 1. The zero-order valence-electron chi connectivity index (χ0n) is 11.1. The first kappa shape index (κ1) is 13.4. The molecule has 102 valence electrons. The van der Waals surface area contributed by atoms with Crippen molar-refractivity contribution in [3.63, 3.8) is 0 Å². The Kier molecular flexibility index (Phi) is 3.88. The van der Waals surface area contributed by atoms with Crippen LogP contribution in [0.5, 0.6) is 0 Å². The smallest absolute Gasteiger partial charge is 0.224 e. The Morgan fingerprint density at radius 3 is 2.45 bits per heavy atom. The van der Waals surface area contributed by atoms with Crippen molar-refractivity contribution in [1.29, 1.82) is 0 Å². The molecule has 0 unspecified atom stereocenters. The second kappa shape index (κ2) is 5.80. The van der Waals surface area contributed by atoms with E-state index in [1.54, 1.807) is 0 Å². The fourth-order valence-electron chi connectivity index (χ4n) is 2.72. The second-order valence-electron chi connectivity index (χ2n) is 5.22. The van der Waals surface area contributed by atoms with E-state index in [-0.39, 0.29) is 11.8 Å². The highest BCUT2D eigenvalue weighted by Crippen LogP contribution is 2.26. The van der Waals surface area contributed by atoms with E-state index in [0.29, 0.717) is 6.54 Å². The number of fused-ring (bicyclic) bond motifs is 1. The summed E-state index contributed by atoms with van der Waals surface area (Å²) in [6.45, 7) is 0.588. The maximum atomic E-state index is 12.2. The zero-order chi connectivity index (χ0) is 13.9. The maximum absolute atomic E-state index is 12.2. The van der Waals surface area contributed by atoms with Crippen LogP contribution in [0.25, 0.3) is 0 Å². The molecule has 2 nitrogen and oxygen atoms in total. The highest BCUT2D eigenvalue weighted by atomic mass is 79.9. The lowest BCUT2D eigenvalue weighted by Crippen LogP contribution is -2.30. The van der Waals surface area contributed by atoms with Gasteiger partial charge in [-0.15, -0.1) is 0 Å². The number of rotatable bonds is 3. The largest absolute Gasteiger partial charge is 0.352 e. The molecule has 0 saturated carbocycles. The van der Waals surface area contributed by atoms with Gasteiger partial charge >= 0.3 is 0 Å². The van der Waals surface area contributed by atoms with E-state index in [0.717, 1.165) is 22.9 Å². The number of carbonyl (C=O) groups is 1. The van der Waals surface area contributed by atoms with Gasteiger partial charge in [-0.05, 0) is 41.7 Å². The third-order valence-corrected chi connectivity index (χ3v) is 4.27.